The molecule has 7 heteroatoms. The number of primary amides is 2. The van der Waals surface area contributed by atoms with E-state index < -0.39 is 11.8 Å². The van der Waals surface area contributed by atoms with Gasteiger partial charge in [0.25, 0.3) is 0 Å². The first-order valence-electron chi connectivity index (χ1n) is 6.72. The Labute approximate surface area is 124 Å². The summed E-state index contributed by atoms with van der Waals surface area (Å²) in [5, 5.41) is 0. The summed E-state index contributed by atoms with van der Waals surface area (Å²) in [5.74, 6) is -0.241. The molecule has 0 atom stereocenters. The standard InChI is InChI=1S/C14H22N4O3/c15-8-11-3-1-4-12(7-11)21-6-2-5-18(9-13(16)19)10-14(17)20/h1,3-4,7H,2,5-6,8-10,15H2,(H2,16,19)(H2,17,20). The maximum Gasteiger partial charge on any atom is 0.231 e. The number of nitrogens with two attached hydrogens (primary N) is 3. The van der Waals surface area contributed by atoms with E-state index in [0.717, 1.165) is 11.3 Å². The highest BCUT2D eigenvalue weighted by Crippen LogP contribution is 2.13. The fourth-order valence-corrected chi connectivity index (χ4v) is 1.90. The summed E-state index contributed by atoms with van der Waals surface area (Å²) in [5.41, 5.74) is 16.8. The van der Waals surface area contributed by atoms with Gasteiger partial charge in [0.2, 0.25) is 11.8 Å². The van der Waals surface area contributed by atoms with Gasteiger partial charge in [-0.05, 0) is 24.1 Å². The van der Waals surface area contributed by atoms with Gasteiger partial charge in [0.1, 0.15) is 5.75 Å². The molecule has 0 aromatic heterocycles. The average molecular weight is 294 g/mol. The molecule has 0 aliphatic rings. The van der Waals surface area contributed by atoms with Gasteiger partial charge in [-0.15, -0.1) is 0 Å². The third-order valence-corrected chi connectivity index (χ3v) is 2.78. The van der Waals surface area contributed by atoms with Gasteiger partial charge in [-0.3, -0.25) is 14.5 Å². The van der Waals surface area contributed by atoms with Crippen LogP contribution in [0.3, 0.4) is 0 Å². The smallest absolute Gasteiger partial charge is 0.231 e. The van der Waals surface area contributed by atoms with E-state index in [9.17, 15) is 9.59 Å². The van der Waals surface area contributed by atoms with Gasteiger partial charge in [-0.1, -0.05) is 12.1 Å². The number of hydrogen-bond acceptors (Lipinski definition) is 5. The quantitative estimate of drug-likeness (QED) is 0.487. The van der Waals surface area contributed by atoms with Crippen molar-refractivity contribution in [1.82, 2.24) is 4.90 Å². The highest BCUT2D eigenvalue weighted by molar-refractivity contribution is 5.79. The zero-order chi connectivity index (χ0) is 15.7. The molecule has 0 spiro atoms. The summed E-state index contributed by atoms with van der Waals surface area (Å²) in [6.45, 7) is 1.43. The van der Waals surface area contributed by atoms with E-state index >= 15 is 0 Å². The third kappa shape index (κ3) is 7.28. The second-order valence-electron chi connectivity index (χ2n) is 4.70. The molecule has 1 rings (SSSR count). The minimum absolute atomic E-state index is 0.00555. The van der Waals surface area contributed by atoms with Crippen LogP contribution in [-0.2, 0) is 16.1 Å². The molecule has 1 aromatic carbocycles. The molecular weight excluding hydrogens is 272 g/mol. The van der Waals surface area contributed by atoms with Gasteiger partial charge >= 0.3 is 0 Å². The summed E-state index contributed by atoms with van der Waals surface area (Å²) < 4.78 is 5.59. The van der Waals surface area contributed by atoms with Crippen molar-refractivity contribution < 1.29 is 14.3 Å². The molecule has 21 heavy (non-hydrogen) atoms. The summed E-state index contributed by atoms with van der Waals surface area (Å²) >= 11 is 0. The van der Waals surface area contributed by atoms with Crippen LogP contribution in [0.4, 0.5) is 0 Å². The molecule has 0 unspecified atom stereocenters. The summed E-state index contributed by atoms with van der Waals surface area (Å²) in [4.78, 5) is 23.4. The van der Waals surface area contributed by atoms with E-state index in [0.29, 0.717) is 26.1 Å². The number of nitrogens with zero attached hydrogens (tertiary/aromatic N) is 1. The number of rotatable bonds is 10. The van der Waals surface area contributed by atoms with Crippen LogP contribution in [0, 0.1) is 0 Å². The van der Waals surface area contributed by atoms with Crippen molar-refractivity contribution in [2.24, 2.45) is 17.2 Å². The van der Waals surface area contributed by atoms with Gasteiger partial charge < -0.3 is 21.9 Å². The van der Waals surface area contributed by atoms with E-state index in [2.05, 4.69) is 0 Å². The molecule has 0 saturated heterocycles. The molecule has 0 aliphatic carbocycles. The number of ether oxygens (including phenoxy) is 1. The minimum atomic E-state index is -0.493. The van der Waals surface area contributed by atoms with Crippen LogP contribution in [0.15, 0.2) is 24.3 Å². The van der Waals surface area contributed by atoms with Crippen LogP contribution >= 0.6 is 0 Å². The Morgan fingerprint density at radius 1 is 1.14 bits per heavy atom. The second-order valence-corrected chi connectivity index (χ2v) is 4.70. The highest BCUT2D eigenvalue weighted by atomic mass is 16.5. The number of amides is 2. The zero-order valence-corrected chi connectivity index (χ0v) is 12.0. The first-order chi connectivity index (χ1) is 10.0. The Kier molecular flexibility index (Phi) is 7.20. The monoisotopic (exact) mass is 294 g/mol. The first kappa shape index (κ1) is 16.9. The molecule has 6 N–H and O–H groups in total. The van der Waals surface area contributed by atoms with E-state index in [4.69, 9.17) is 21.9 Å². The summed E-state index contributed by atoms with van der Waals surface area (Å²) in [6, 6.07) is 7.53. The van der Waals surface area contributed by atoms with E-state index in [-0.39, 0.29) is 13.1 Å². The van der Waals surface area contributed by atoms with Gasteiger partial charge in [-0.2, -0.15) is 0 Å². The van der Waals surface area contributed by atoms with Gasteiger partial charge in [0, 0.05) is 13.1 Å². The van der Waals surface area contributed by atoms with Crippen LogP contribution in [0.2, 0.25) is 0 Å². The number of carbonyl (C=O) groups is 2. The van der Waals surface area contributed by atoms with Crippen molar-refractivity contribution in [3.63, 3.8) is 0 Å². The number of carbonyl (C=O) groups excluding carboxylic acids is 2. The lowest BCUT2D eigenvalue weighted by molar-refractivity contribution is -0.121. The van der Waals surface area contributed by atoms with E-state index in [1.54, 1.807) is 4.90 Å². The molecule has 0 bridgehead atoms. The fourth-order valence-electron chi connectivity index (χ4n) is 1.90. The normalized spacial score (nSPS) is 10.6. The predicted octanol–water partition coefficient (Wildman–Crippen LogP) is -0.813. The molecule has 0 fully saturated rings. The Balaban J connectivity index is 2.35. The maximum atomic E-state index is 10.9. The van der Waals surface area contributed by atoms with Crippen LogP contribution in [-0.4, -0.2) is 43.0 Å². The molecule has 7 nitrogen and oxygen atoms in total. The van der Waals surface area contributed by atoms with Crippen LogP contribution in [0.1, 0.15) is 12.0 Å². The van der Waals surface area contributed by atoms with Crippen LogP contribution < -0.4 is 21.9 Å². The molecule has 2 amide bonds. The van der Waals surface area contributed by atoms with Crippen molar-refractivity contribution in [1.29, 1.82) is 0 Å². The van der Waals surface area contributed by atoms with E-state index in [1.807, 2.05) is 24.3 Å². The van der Waals surface area contributed by atoms with Crippen molar-refractivity contribution in [3.05, 3.63) is 29.8 Å². The Hall–Kier alpha value is -2.12. The maximum absolute atomic E-state index is 10.9. The van der Waals surface area contributed by atoms with Crippen LogP contribution in [0.25, 0.3) is 0 Å². The molecule has 1 aromatic rings. The third-order valence-electron chi connectivity index (χ3n) is 2.78. The Morgan fingerprint density at radius 3 is 2.38 bits per heavy atom. The van der Waals surface area contributed by atoms with Gasteiger partial charge in [0.15, 0.2) is 0 Å². The molecule has 0 radical (unpaired) electrons. The summed E-state index contributed by atoms with van der Waals surface area (Å²) in [7, 11) is 0. The Morgan fingerprint density at radius 2 is 1.81 bits per heavy atom. The molecule has 0 heterocycles. The lowest BCUT2D eigenvalue weighted by atomic mass is 10.2. The largest absolute Gasteiger partial charge is 0.494 e. The lowest BCUT2D eigenvalue weighted by Crippen LogP contribution is -2.40. The molecule has 116 valence electrons. The Bertz CT molecular complexity index is 463. The first-order valence-corrected chi connectivity index (χ1v) is 6.72. The lowest BCUT2D eigenvalue weighted by Gasteiger charge is -2.18. The summed E-state index contributed by atoms with van der Waals surface area (Å²) in [6.07, 6.45) is 0.646. The predicted molar refractivity (Wildman–Crippen MR) is 79.3 cm³/mol. The van der Waals surface area contributed by atoms with Gasteiger partial charge in [0.05, 0.1) is 19.7 Å². The number of hydrogen-bond donors (Lipinski definition) is 3. The van der Waals surface area contributed by atoms with Gasteiger partial charge in [-0.25, -0.2) is 0 Å². The average Bonchev–Trinajstić information content (AvgIpc) is 2.42. The van der Waals surface area contributed by atoms with Crippen molar-refractivity contribution >= 4 is 11.8 Å². The topological polar surface area (TPSA) is 125 Å². The fraction of sp³-hybridized carbons (Fsp3) is 0.429. The zero-order valence-electron chi connectivity index (χ0n) is 12.0. The second kappa shape index (κ2) is 8.93. The SMILES string of the molecule is NCc1cccc(OCCCN(CC(N)=O)CC(N)=O)c1. The van der Waals surface area contributed by atoms with Crippen molar-refractivity contribution in [3.8, 4) is 5.75 Å². The van der Waals surface area contributed by atoms with Crippen molar-refractivity contribution in [2.45, 2.75) is 13.0 Å². The van der Waals surface area contributed by atoms with Crippen molar-refractivity contribution in [2.75, 3.05) is 26.2 Å². The number of benzene rings is 1. The molecule has 0 aliphatic heterocycles. The molecular formula is C14H22N4O3. The van der Waals surface area contributed by atoms with Crippen LogP contribution in [0.5, 0.6) is 5.75 Å². The van der Waals surface area contributed by atoms with E-state index in [1.165, 1.54) is 0 Å². The molecule has 0 saturated carbocycles. The minimum Gasteiger partial charge on any atom is -0.494 e. The highest BCUT2D eigenvalue weighted by Gasteiger charge is 2.10.